The van der Waals surface area contributed by atoms with Gasteiger partial charge in [-0.25, -0.2) is 0 Å². The SMILES string of the molecule is CC(=O)N[C@H]1[C@H](OC[C@@H](O)[C@H](O)[C@H](O[C@@H]2O[C@H](CO)[C@H](O)[C@H](O[C@H]3O[C@H](CO)[C@H](O)[C@H](O[C@H]4O[C@H](CO)[C@H](O)[C@H](O)[C@H]4O)[C@H]3NC(C)=O)[C@H]2O[C@@H]2O[C@@H](C)[C@@H](O)[C@@H](O)[C@@H]2O)[C@H](CO)O[C@@H]2O[C@@H](C)[C@@H](O)[C@@H](O)[C@@H]2O)O[C@H](CO)[C@@H](O)[C@@H]1O. The fourth-order valence-corrected chi connectivity index (χ4v) is 10.1. The van der Waals surface area contributed by atoms with E-state index in [-0.39, 0.29) is 0 Å². The van der Waals surface area contributed by atoms with Gasteiger partial charge in [-0.3, -0.25) is 9.59 Å². The van der Waals surface area contributed by atoms with E-state index in [0.29, 0.717) is 0 Å². The molecule has 6 fully saturated rings. The Morgan fingerprint density at radius 3 is 1.35 bits per heavy atom. The van der Waals surface area contributed by atoms with E-state index < -0.39 is 260 Å². The minimum absolute atomic E-state index is 0.774. The van der Waals surface area contributed by atoms with Crippen molar-refractivity contribution in [3.63, 3.8) is 0 Å². The summed E-state index contributed by atoms with van der Waals surface area (Å²) in [6.45, 7) is -2.04. The second kappa shape index (κ2) is 30.0. The third kappa shape index (κ3) is 15.3. The van der Waals surface area contributed by atoms with Crippen LogP contribution in [0.15, 0.2) is 0 Å². The molecule has 6 saturated heterocycles. The Balaban J connectivity index is 1.42. The zero-order valence-electron chi connectivity index (χ0n) is 44.5. The van der Waals surface area contributed by atoms with Crippen LogP contribution in [0.3, 0.4) is 0 Å². The summed E-state index contributed by atoms with van der Waals surface area (Å²) in [6.07, 6.45) is -63.6. The summed E-state index contributed by atoms with van der Waals surface area (Å²) in [7, 11) is 0. The smallest absolute Gasteiger partial charge is 0.217 e. The molecular formula is C46H80N2O34. The molecule has 2 amide bonds. The summed E-state index contributed by atoms with van der Waals surface area (Å²) in [5.74, 6) is -1.70. The molecule has 0 saturated carbocycles. The van der Waals surface area contributed by atoms with E-state index in [2.05, 4.69) is 10.6 Å². The molecule has 0 spiro atoms. The molecule has 0 radical (unpaired) electrons. The summed E-state index contributed by atoms with van der Waals surface area (Å²) in [4.78, 5) is 25.1. The second-order valence-corrected chi connectivity index (χ2v) is 20.8. The second-order valence-electron chi connectivity index (χ2n) is 20.8. The molecule has 6 aliphatic heterocycles. The van der Waals surface area contributed by atoms with Crippen LogP contribution in [-0.4, -0.2) is 362 Å². The Hall–Kier alpha value is -2.34. The number of ether oxygens (including phenoxy) is 12. The highest BCUT2D eigenvalue weighted by Crippen LogP contribution is 2.37. The fraction of sp³-hybridized carbons (Fsp3) is 0.957. The predicted molar refractivity (Wildman–Crippen MR) is 254 cm³/mol. The highest BCUT2D eigenvalue weighted by Gasteiger charge is 2.58. The lowest BCUT2D eigenvalue weighted by atomic mass is 9.94. The fourth-order valence-electron chi connectivity index (χ4n) is 10.1. The maximum absolute atomic E-state index is 12.9. The molecule has 22 N–H and O–H groups in total. The van der Waals surface area contributed by atoms with Crippen LogP contribution in [-0.2, 0) is 66.4 Å². The van der Waals surface area contributed by atoms with Gasteiger partial charge in [0.1, 0.15) is 159 Å². The Morgan fingerprint density at radius 1 is 0.427 bits per heavy atom. The number of carbonyl (C=O) groups is 2. The van der Waals surface area contributed by atoms with E-state index in [1.54, 1.807) is 0 Å². The number of aliphatic hydroxyl groups is 20. The van der Waals surface area contributed by atoms with Gasteiger partial charge in [-0.1, -0.05) is 0 Å². The molecule has 6 rings (SSSR count). The molecule has 36 heteroatoms. The molecule has 6 aliphatic rings. The van der Waals surface area contributed by atoms with Crippen molar-refractivity contribution in [3.8, 4) is 0 Å². The average Bonchev–Trinajstić information content (AvgIpc) is 2.65. The van der Waals surface area contributed by atoms with Gasteiger partial charge >= 0.3 is 0 Å². The molecule has 0 bridgehead atoms. The highest BCUT2D eigenvalue weighted by molar-refractivity contribution is 5.73. The Labute approximate surface area is 466 Å². The van der Waals surface area contributed by atoms with Gasteiger partial charge in [-0.05, 0) is 13.8 Å². The van der Waals surface area contributed by atoms with Crippen molar-refractivity contribution in [1.82, 2.24) is 10.6 Å². The topological polar surface area (TPSA) is 574 Å². The number of hydrogen-bond acceptors (Lipinski definition) is 34. The molecule has 0 aromatic carbocycles. The van der Waals surface area contributed by atoms with Crippen molar-refractivity contribution in [1.29, 1.82) is 0 Å². The van der Waals surface area contributed by atoms with Gasteiger partial charge in [0, 0.05) is 13.8 Å². The lowest BCUT2D eigenvalue weighted by molar-refractivity contribution is -0.400. The summed E-state index contributed by atoms with van der Waals surface area (Å²) in [5, 5.41) is 222. The third-order valence-electron chi connectivity index (χ3n) is 14.9. The molecule has 82 heavy (non-hydrogen) atoms. The van der Waals surface area contributed by atoms with Gasteiger partial charge < -0.3 is 170 Å². The van der Waals surface area contributed by atoms with Crippen molar-refractivity contribution in [2.45, 2.75) is 236 Å². The first-order valence-corrected chi connectivity index (χ1v) is 26.3. The molecule has 0 aromatic heterocycles. The Bertz CT molecular complexity index is 1980. The highest BCUT2D eigenvalue weighted by atomic mass is 16.8. The number of rotatable bonds is 23. The molecule has 36 nitrogen and oxygen atoms in total. The first kappa shape index (κ1) is 68.8. The summed E-state index contributed by atoms with van der Waals surface area (Å²) >= 11 is 0. The van der Waals surface area contributed by atoms with Gasteiger partial charge in [-0.15, -0.1) is 0 Å². The lowest BCUT2D eigenvalue weighted by Gasteiger charge is -2.51. The van der Waals surface area contributed by atoms with Gasteiger partial charge in [-0.2, -0.15) is 0 Å². The van der Waals surface area contributed by atoms with Crippen molar-refractivity contribution in [3.05, 3.63) is 0 Å². The standard InChI is InChI=1S/C46H80N2O34/c1-11-23(57)31(65)34(68)43(72-11)78-20(9-53)37(25(59)15(56)10-71-41-21(47-13(3)54)30(64)26(60)16(5-49)74-41)79-46-40(82-44-35(69)32(66)24(58)12(2)73-44)39(29(63)19(8-52)77-46)81-42-22(48-14(4)55)38(28(62)18(7-51)75-42)80-45-36(70)33(67)27(61)17(6-50)76-45/h11-12,15-46,49-53,56-70H,5-10H2,1-4H3,(H,47,54)(H,48,55)/t11-,12-,15+,16+,17+,18+,19+,20-,21+,22+,23+,24+,25-,26+,27-,28-,29-,30+,31+,32+,33-,34-,35-,36+,37+,38+,39-,40+,41+,42+,43-,44-,45+,46-/m0/s1. The van der Waals surface area contributed by atoms with Crippen LogP contribution in [0.2, 0.25) is 0 Å². The Morgan fingerprint density at radius 2 is 0.829 bits per heavy atom. The largest absolute Gasteiger partial charge is 0.394 e. The lowest BCUT2D eigenvalue weighted by Crippen LogP contribution is -2.70. The van der Waals surface area contributed by atoms with Gasteiger partial charge in [0.15, 0.2) is 37.7 Å². The van der Waals surface area contributed by atoms with Crippen molar-refractivity contribution in [2.24, 2.45) is 0 Å². The van der Waals surface area contributed by atoms with Gasteiger partial charge in [0.25, 0.3) is 0 Å². The molecule has 0 unspecified atom stereocenters. The quantitative estimate of drug-likeness (QED) is 0.0452. The predicted octanol–water partition coefficient (Wildman–Crippen LogP) is -14.3. The van der Waals surface area contributed by atoms with Gasteiger partial charge in [0.05, 0.1) is 51.8 Å². The van der Waals surface area contributed by atoms with E-state index in [9.17, 15) is 112 Å². The third-order valence-corrected chi connectivity index (χ3v) is 14.9. The van der Waals surface area contributed by atoms with E-state index in [1.807, 2.05) is 0 Å². The Kier molecular flexibility index (Phi) is 25.2. The number of carbonyl (C=O) groups excluding carboxylic acids is 2. The summed E-state index contributed by atoms with van der Waals surface area (Å²) in [6, 6.07) is -3.48. The van der Waals surface area contributed by atoms with E-state index in [1.165, 1.54) is 13.8 Å². The maximum atomic E-state index is 12.9. The van der Waals surface area contributed by atoms with Crippen molar-refractivity contribution < 1.29 is 169 Å². The van der Waals surface area contributed by atoms with Crippen LogP contribution in [0.4, 0.5) is 0 Å². The maximum Gasteiger partial charge on any atom is 0.217 e. The summed E-state index contributed by atoms with van der Waals surface area (Å²) < 4.78 is 70.3. The molecule has 6 heterocycles. The van der Waals surface area contributed by atoms with Crippen LogP contribution in [0.1, 0.15) is 27.7 Å². The zero-order chi connectivity index (χ0) is 60.9. The minimum Gasteiger partial charge on any atom is -0.394 e. The van der Waals surface area contributed by atoms with Crippen molar-refractivity contribution >= 4 is 11.8 Å². The molecule has 0 aliphatic carbocycles. The minimum atomic E-state index is -2.52. The van der Waals surface area contributed by atoms with E-state index in [0.717, 1.165) is 13.8 Å². The first-order chi connectivity index (χ1) is 38.6. The number of aliphatic hydroxyl groups excluding tert-OH is 20. The molecule has 0 aromatic rings. The van der Waals surface area contributed by atoms with Crippen molar-refractivity contribution in [2.75, 3.05) is 39.6 Å². The average molecular weight is 1210 g/mol. The van der Waals surface area contributed by atoms with Crippen LogP contribution >= 0.6 is 0 Å². The van der Waals surface area contributed by atoms with E-state index >= 15 is 0 Å². The van der Waals surface area contributed by atoms with Crippen LogP contribution in [0, 0.1) is 0 Å². The van der Waals surface area contributed by atoms with E-state index in [4.69, 9.17) is 56.8 Å². The normalized spacial score (nSPS) is 47.2. The number of nitrogens with one attached hydrogen (secondary N) is 2. The molecular weight excluding hydrogens is 1120 g/mol. The number of amides is 2. The molecule has 34 atom stereocenters. The number of hydrogen-bond donors (Lipinski definition) is 22. The zero-order valence-corrected chi connectivity index (χ0v) is 44.5. The van der Waals surface area contributed by atoms with Crippen LogP contribution < -0.4 is 10.6 Å². The molecule has 478 valence electrons. The van der Waals surface area contributed by atoms with Crippen LogP contribution in [0.5, 0.6) is 0 Å². The van der Waals surface area contributed by atoms with Crippen LogP contribution in [0.25, 0.3) is 0 Å². The summed E-state index contributed by atoms with van der Waals surface area (Å²) in [5.41, 5.74) is 0. The first-order valence-electron chi connectivity index (χ1n) is 26.3. The van der Waals surface area contributed by atoms with Gasteiger partial charge in [0.2, 0.25) is 11.8 Å². The monoisotopic (exact) mass is 1200 g/mol.